The highest BCUT2D eigenvalue weighted by atomic mass is 79.9. The highest BCUT2D eigenvalue weighted by Crippen LogP contribution is 2.23. The summed E-state index contributed by atoms with van der Waals surface area (Å²) in [7, 11) is -3.38. The molecule has 3 heterocycles. The molecule has 0 amide bonds. The third-order valence-electron chi connectivity index (χ3n) is 4.33. The fourth-order valence-electron chi connectivity index (χ4n) is 2.92. The minimum Gasteiger partial charge on any atom is -0.338 e. The van der Waals surface area contributed by atoms with Crippen LogP contribution in [0.5, 0.6) is 0 Å². The molecule has 4 rings (SSSR count). The van der Waals surface area contributed by atoms with Gasteiger partial charge in [0.2, 0.25) is 11.7 Å². The zero-order chi connectivity index (χ0) is 18.9. The van der Waals surface area contributed by atoms with Crippen molar-refractivity contribution in [3.05, 3.63) is 52.1 Å². The molecule has 0 unspecified atom stereocenters. The molecular weight excluding hydrogens is 452 g/mol. The molecule has 10 heteroatoms. The molecule has 0 spiro atoms. The number of benzene rings is 1. The number of sulfonamides is 1. The smallest absolute Gasteiger partial charge is 0.252 e. The second-order valence-electron chi connectivity index (χ2n) is 6.13. The zero-order valence-corrected chi connectivity index (χ0v) is 17.5. The Balaban J connectivity index is 1.37. The monoisotopic (exact) mass is 468 g/mol. The molecule has 0 bridgehead atoms. The lowest BCUT2D eigenvalue weighted by atomic mass is 10.2. The van der Waals surface area contributed by atoms with Crippen LogP contribution in [-0.2, 0) is 16.6 Å². The van der Waals surface area contributed by atoms with E-state index < -0.39 is 10.0 Å². The molecule has 142 valence electrons. The van der Waals surface area contributed by atoms with Crippen LogP contribution in [0.4, 0.5) is 0 Å². The lowest BCUT2D eigenvalue weighted by molar-refractivity contribution is 0.163. The minimum absolute atomic E-state index is 0.395. The Hall–Kier alpha value is -1.59. The van der Waals surface area contributed by atoms with E-state index >= 15 is 0 Å². The molecule has 7 nitrogen and oxygen atoms in total. The Morgan fingerprint density at radius 3 is 2.67 bits per heavy atom. The first-order chi connectivity index (χ1) is 13.0. The molecule has 0 atom stereocenters. The third kappa shape index (κ3) is 4.14. The van der Waals surface area contributed by atoms with Gasteiger partial charge in [-0.1, -0.05) is 39.3 Å². The van der Waals surface area contributed by atoms with E-state index in [2.05, 4.69) is 31.0 Å². The van der Waals surface area contributed by atoms with Gasteiger partial charge in [0.25, 0.3) is 10.0 Å². The summed E-state index contributed by atoms with van der Waals surface area (Å²) in [6.07, 6.45) is 0. The molecule has 0 aliphatic carbocycles. The van der Waals surface area contributed by atoms with Crippen LogP contribution in [0.3, 0.4) is 0 Å². The van der Waals surface area contributed by atoms with Gasteiger partial charge in [-0.15, -0.1) is 11.3 Å². The van der Waals surface area contributed by atoms with Gasteiger partial charge in [-0.05, 0) is 23.6 Å². The van der Waals surface area contributed by atoms with Crippen LogP contribution in [0, 0.1) is 0 Å². The molecule has 1 saturated heterocycles. The van der Waals surface area contributed by atoms with Crippen molar-refractivity contribution in [3.63, 3.8) is 0 Å². The first-order valence-corrected chi connectivity index (χ1v) is 11.5. The molecule has 3 aromatic rings. The lowest BCUT2D eigenvalue weighted by Crippen LogP contribution is -2.48. The fourth-order valence-corrected chi connectivity index (χ4v) is 5.89. The number of halogens is 1. The SMILES string of the molecule is O=S(=O)(c1cccs1)N1CCN(Cc2nc(-c3cccc(Br)c3)no2)CC1. The maximum absolute atomic E-state index is 12.6. The average molecular weight is 469 g/mol. The van der Waals surface area contributed by atoms with Gasteiger partial charge in [0.1, 0.15) is 4.21 Å². The van der Waals surface area contributed by atoms with Gasteiger partial charge in [-0.25, -0.2) is 8.42 Å². The van der Waals surface area contributed by atoms with E-state index in [4.69, 9.17) is 4.52 Å². The van der Waals surface area contributed by atoms with E-state index in [1.807, 2.05) is 24.3 Å². The topological polar surface area (TPSA) is 79.5 Å². The first kappa shape index (κ1) is 18.8. The van der Waals surface area contributed by atoms with Crippen molar-refractivity contribution in [1.82, 2.24) is 19.3 Å². The van der Waals surface area contributed by atoms with Crippen LogP contribution >= 0.6 is 27.3 Å². The number of hydrogen-bond acceptors (Lipinski definition) is 7. The normalized spacial score (nSPS) is 16.6. The summed E-state index contributed by atoms with van der Waals surface area (Å²) in [5.41, 5.74) is 0.881. The van der Waals surface area contributed by atoms with Crippen molar-refractivity contribution in [1.29, 1.82) is 0 Å². The Morgan fingerprint density at radius 1 is 1.15 bits per heavy atom. The van der Waals surface area contributed by atoms with Gasteiger partial charge >= 0.3 is 0 Å². The van der Waals surface area contributed by atoms with Crippen LogP contribution in [0.2, 0.25) is 0 Å². The Bertz CT molecular complexity index is 1010. The summed E-state index contributed by atoms with van der Waals surface area (Å²) < 4.78 is 33.4. The number of nitrogens with zero attached hydrogens (tertiary/aromatic N) is 4. The molecule has 1 fully saturated rings. The second-order valence-corrected chi connectivity index (χ2v) is 10.2. The van der Waals surface area contributed by atoms with Crippen molar-refractivity contribution in [3.8, 4) is 11.4 Å². The molecule has 27 heavy (non-hydrogen) atoms. The van der Waals surface area contributed by atoms with E-state index in [1.54, 1.807) is 17.5 Å². The Kier molecular flexibility index (Phi) is 5.42. The van der Waals surface area contributed by atoms with E-state index in [1.165, 1.54) is 15.6 Å². The van der Waals surface area contributed by atoms with E-state index in [0.29, 0.717) is 48.6 Å². The molecule has 1 aliphatic rings. The predicted molar refractivity (Wildman–Crippen MR) is 106 cm³/mol. The summed E-state index contributed by atoms with van der Waals surface area (Å²) >= 11 is 4.68. The van der Waals surface area contributed by atoms with Gasteiger partial charge in [-0.2, -0.15) is 9.29 Å². The fraction of sp³-hybridized carbons (Fsp3) is 0.294. The number of thiophene rings is 1. The molecule has 2 aromatic heterocycles. The average Bonchev–Trinajstić information content (AvgIpc) is 3.35. The highest BCUT2D eigenvalue weighted by molar-refractivity contribution is 9.10. The standard InChI is InChI=1S/C17H17BrN4O3S2/c18-14-4-1-3-13(11-14)17-19-15(25-20-17)12-21-6-8-22(9-7-21)27(23,24)16-5-2-10-26-16/h1-5,10-11H,6-9,12H2. The molecular formula is C17H17BrN4O3S2. The first-order valence-electron chi connectivity index (χ1n) is 8.37. The van der Waals surface area contributed by atoms with Crippen molar-refractivity contribution in [2.45, 2.75) is 10.8 Å². The van der Waals surface area contributed by atoms with Crippen molar-refractivity contribution < 1.29 is 12.9 Å². The summed E-state index contributed by atoms with van der Waals surface area (Å²) in [5.74, 6) is 1.07. The highest BCUT2D eigenvalue weighted by Gasteiger charge is 2.29. The van der Waals surface area contributed by atoms with Crippen molar-refractivity contribution >= 4 is 37.3 Å². The number of hydrogen-bond donors (Lipinski definition) is 0. The molecule has 0 N–H and O–H groups in total. The van der Waals surface area contributed by atoms with Crippen LogP contribution < -0.4 is 0 Å². The minimum atomic E-state index is -3.38. The lowest BCUT2D eigenvalue weighted by Gasteiger charge is -2.32. The van der Waals surface area contributed by atoms with Gasteiger partial charge in [-0.3, -0.25) is 4.90 Å². The largest absolute Gasteiger partial charge is 0.338 e. The Morgan fingerprint density at radius 2 is 1.96 bits per heavy atom. The summed E-state index contributed by atoms with van der Waals surface area (Å²) in [5, 5.41) is 5.82. The summed E-state index contributed by atoms with van der Waals surface area (Å²) in [6.45, 7) is 2.66. The van der Waals surface area contributed by atoms with Gasteiger partial charge in [0.05, 0.1) is 6.54 Å². The van der Waals surface area contributed by atoms with E-state index in [-0.39, 0.29) is 0 Å². The molecule has 0 radical (unpaired) electrons. The van der Waals surface area contributed by atoms with Gasteiger partial charge < -0.3 is 4.52 Å². The summed E-state index contributed by atoms with van der Waals surface area (Å²) in [6, 6.07) is 11.1. The summed E-state index contributed by atoms with van der Waals surface area (Å²) in [4.78, 5) is 6.58. The van der Waals surface area contributed by atoms with Crippen LogP contribution in [0.1, 0.15) is 5.89 Å². The maximum atomic E-state index is 12.6. The van der Waals surface area contributed by atoms with E-state index in [0.717, 1.165) is 10.0 Å². The molecule has 1 aromatic carbocycles. The predicted octanol–water partition coefficient (Wildman–Crippen LogP) is 3.07. The van der Waals surface area contributed by atoms with E-state index in [9.17, 15) is 8.42 Å². The molecule has 1 aliphatic heterocycles. The van der Waals surface area contributed by atoms with Gasteiger partial charge in [0, 0.05) is 36.2 Å². The maximum Gasteiger partial charge on any atom is 0.252 e. The second kappa shape index (κ2) is 7.80. The van der Waals surface area contributed by atoms with Crippen molar-refractivity contribution in [2.24, 2.45) is 0 Å². The van der Waals surface area contributed by atoms with Crippen LogP contribution in [-0.4, -0.2) is 53.9 Å². The number of aromatic nitrogens is 2. The Labute approximate surface area is 169 Å². The van der Waals surface area contributed by atoms with Crippen molar-refractivity contribution in [2.75, 3.05) is 26.2 Å². The van der Waals surface area contributed by atoms with Crippen LogP contribution in [0.25, 0.3) is 11.4 Å². The number of rotatable bonds is 5. The number of piperazine rings is 1. The molecule has 0 saturated carbocycles. The van der Waals surface area contributed by atoms with Crippen LogP contribution in [0.15, 0.2) is 55.0 Å². The zero-order valence-electron chi connectivity index (χ0n) is 14.3. The third-order valence-corrected chi connectivity index (χ3v) is 8.10. The van der Waals surface area contributed by atoms with Gasteiger partial charge in [0.15, 0.2) is 0 Å². The quantitative estimate of drug-likeness (QED) is 0.572.